The van der Waals surface area contributed by atoms with Gasteiger partial charge >= 0.3 is 0 Å². The van der Waals surface area contributed by atoms with E-state index in [0.29, 0.717) is 0 Å². The lowest BCUT2D eigenvalue weighted by molar-refractivity contribution is 0.109. The number of rotatable bonds is 0. The molecule has 1 atom stereocenters. The van der Waals surface area contributed by atoms with E-state index in [1.807, 2.05) is 0 Å². The molecule has 1 N–H and O–H groups in total. The molecule has 0 amide bonds. The summed E-state index contributed by atoms with van der Waals surface area (Å²) in [5, 5.41) is 4.14. The number of ether oxygens (including phenoxy) is 1. The Labute approximate surface area is 67.1 Å². The molecule has 1 aliphatic rings. The Morgan fingerprint density at radius 3 is 2.00 bits per heavy atom. The average Bonchev–Trinajstić information content (AvgIpc) is 1.93. The molecule has 56 valence electrons. The van der Waals surface area contributed by atoms with Crippen molar-refractivity contribution in [1.82, 2.24) is 5.32 Å². The lowest BCUT2D eigenvalue weighted by atomic mass is 10.5. The number of hydrogen-bond acceptors (Lipinski definition) is 2. The third-order valence-electron chi connectivity index (χ3n) is 0.846. The van der Waals surface area contributed by atoms with Gasteiger partial charge in [0, 0.05) is 18.2 Å². The molecule has 0 spiro atoms. The van der Waals surface area contributed by atoms with Crippen molar-refractivity contribution < 1.29 is 4.74 Å². The Kier molecular flexibility index (Phi) is 9.64. The van der Waals surface area contributed by atoms with Crippen molar-refractivity contribution in [3.63, 3.8) is 0 Å². The molecule has 0 radical (unpaired) electrons. The second kappa shape index (κ2) is 8.83. The summed E-state index contributed by atoms with van der Waals surface area (Å²) in [6, 6.07) is 0. The first-order valence-electron chi connectivity index (χ1n) is 2.96. The van der Waals surface area contributed by atoms with Crippen molar-refractivity contribution in [3.05, 3.63) is 0 Å². The van der Waals surface area contributed by atoms with Gasteiger partial charge in [0.1, 0.15) is 0 Å². The van der Waals surface area contributed by atoms with Crippen LogP contribution >= 0.6 is 25.2 Å². The van der Waals surface area contributed by atoms with Crippen molar-refractivity contribution in [1.29, 1.82) is 0 Å². The van der Waals surface area contributed by atoms with Crippen molar-refractivity contribution in [2.45, 2.75) is 0 Å². The summed E-state index contributed by atoms with van der Waals surface area (Å²) in [7, 11) is 2.50. The molecule has 1 saturated heterocycles. The minimum atomic E-state index is 0.889. The summed E-state index contributed by atoms with van der Waals surface area (Å²) in [5.41, 5.74) is 0. The molecule has 0 aromatic carbocycles. The van der Waals surface area contributed by atoms with Crippen LogP contribution in [0.25, 0.3) is 0 Å². The van der Waals surface area contributed by atoms with Gasteiger partial charge in [-0.2, -0.15) is 0 Å². The summed E-state index contributed by atoms with van der Waals surface area (Å²) in [6.45, 7) is 3.83. The minimum Gasteiger partial charge on any atom is -0.379 e. The topological polar surface area (TPSA) is 21.3 Å². The fourth-order valence-electron chi connectivity index (χ4n) is 0.516. The van der Waals surface area contributed by atoms with Crippen molar-refractivity contribution in [2.24, 2.45) is 0 Å². The molecule has 1 rings (SSSR count). The van der Waals surface area contributed by atoms with Crippen molar-refractivity contribution in [2.75, 3.05) is 31.4 Å². The molecule has 0 aliphatic carbocycles. The van der Waals surface area contributed by atoms with E-state index in [4.69, 9.17) is 4.74 Å². The minimum absolute atomic E-state index is 0.889. The third kappa shape index (κ3) is 8.83. The van der Waals surface area contributed by atoms with Crippen LogP contribution in [0.15, 0.2) is 0 Å². The molecule has 4 heteroatoms. The van der Waals surface area contributed by atoms with E-state index in [0.717, 1.165) is 31.4 Å². The van der Waals surface area contributed by atoms with Gasteiger partial charge < -0.3 is 10.1 Å². The molecule has 1 fully saturated rings. The molecule has 1 heterocycles. The highest BCUT2D eigenvalue weighted by molar-refractivity contribution is 9.10. The van der Waals surface area contributed by atoms with Crippen LogP contribution in [-0.4, -0.2) is 31.4 Å². The zero-order chi connectivity index (χ0) is 6.95. The van der Waals surface area contributed by atoms with Gasteiger partial charge in [0.15, 0.2) is 0 Å². The SMILES string of the molecule is C1COCCN1.PCBr. The fourth-order valence-corrected chi connectivity index (χ4v) is 0.516. The Morgan fingerprint density at radius 2 is 1.89 bits per heavy atom. The molecule has 1 aliphatic heterocycles. The largest absolute Gasteiger partial charge is 0.379 e. The van der Waals surface area contributed by atoms with Crippen LogP contribution in [-0.2, 0) is 4.74 Å². The van der Waals surface area contributed by atoms with Gasteiger partial charge in [0.25, 0.3) is 0 Å². The molecular formula is C5H13BrNOP. The maximum absolute atomic E-state index is 5.01. The van der Waals surface area contributed by atoms with E-state index in [1.54, 1.807) is 0 Å². The molecule has 9 heavy (non-hydrogen) atoms. The van der Waals surface area contributed by atoms with Gasteiger partial charge in [-0.3, -0.25) is 0 Å². The summed E-state index contributed by atoms with van der Waals surface area (Å²) < 4.78 is 5.01. The Bertz CT molecular complexity index is 40.7. The first-order chi connectivity index (χ1) is 4.41. The number of nitrogens with one attached hydrogen (secondary N) is 1. The first-order valence-corrected chi connectivity index (χ1v) is 4.90. The number of alkyl halides is 1. The van der Waals surface area contributed by atoms with E-state index in [1.165, 1.54) is 0 Å². The molecule has 2 nitrogen and oxygen atoms in total. The van der Waals surface area contributed by atoms with Crippen LogP contribution in [0.1, 0.15) is 0 Å². The van der Waals surface area contributed by atoms with Crippen molar-refractivity contribution >= 4 is 25.2 Å². The summed E-state index contributed by atoms with van der Waals surface area (Å²) in [5.74, 6) is 0. The molecule has 0 aromatic heterocycles. The maximum Gasteiger partial charge on any atom is 0.0591 e. The number of halogens is 1. The van der Waals surface area contributed by atoms with E-state index < -0.39 is 0 Å². The molecule has 0 saturated carbocycles. The van der Waals surface area contributed by atoms with Gasteiger partial charge in [-0.25, -0.2) is 0 Å². The number of morpholine rings is 1. The molecule has 0 bridgehead atoms. The predicted octanol–water partition coefficient (Wildman–Crippen LogP) is 0.820. The van der Waals surface area contributed by atoms with E-state index in [-0.39, 0.29) is 0 Å². The monoisotopic (exact) mass is 213 g/mol. The van der Waals surface area contributed by atoms with Gasteiger partial charge in [-0.1, -0.05) is 15.9 Å². The Morgan fingerprint density at radius 1 is 1.44 bits per heavy atom. The van der Waals surface area contributed by atoms with Crippen LogP contribution < -0.4 is 5.32 Å². The average molecular weight is 214 g/mol. The highest BCUT2D eigenvalue weighted by atomic mass is 79.9. The summed E-state index contributed by atoms with van der Waals surface area (Å²) in [4.78, 5) is 0. The predicted molar refractivity (Wildman–Crippen MR) is 47.2 cm³/mol. The second-order valence-electron chi connectivity index (χ2n) is 1.52. The zero-order valence-corrected chi connectivity index (χ0v) is 8.14. The van der Waals surface area contributed by atoms with E-state index in [9.17, 15) is 0 Å². The van der Waals surface area contributed by atoms with E-state index >= 15 is 0 Å². The van der Waals surface area contributed by atoms with Crippen LogP contribution in [0.3, 0.4) is 0 Å². The third-order valence-corrected chi connectivity index (χ3v) is 0.846. The normalized spacial score (nSPS) is 18.0. The standard InChI is InChI=1S/C4H9NO.CH4BrP/c1-3-6-4-2-5-1;2-1-3/h5H,1-4H2;1,3H2. The Hall–Kier alpha value is 0.830. The zero-order valence-electron chi connectivity index (χ0n) is 5.40. The Balaban J connectivity index is 0.000000187. The van der Waals surface area contributed by atoms with E-state index in [2.05, 4.69) is 30.5 Å². The van der Waals surface area contributed by atoms with Crippen LogP contribution in [0.2, 0.25) is 0 Å². The first kappa shape index (κ1) is 9.83. The van der Waals surface area contributed by atoms with Gasteiger partial charge in [-0.15, -0.1) is 9.24 Å². The van der Waals surface area contributed by atoms with Crippen LogP contribution in [0, 0.1) is 0 Å². The number of hydrogen-bond donors (Lipinski definition) is 1. The molecule has 1 unspecified atom stereocenters. The smallest absolute Gasteiger partial charge is 0.0591 e. The van der Waals surface area contributed by atoms with Gasteiger partial charge in [0.2, 0.25) is 0 Å². The summed E-state index contributed by atoms with van der Waals surface area (Å²) >= 11 is 3.11. The highest BCUT2D eigenvalue weighted by Crippen LogP contribution is 1.84. The van der Waals surface area contributed by atoms with Crippen LogP contribution in [0.5, 0.6) is 0 Å². The lowest BCUT2D eigenvalue weighted by Crippen LogP contribution is -2.30. The lowest BCUT2D eigenvalue weighted by Gasteiger charge is -2.10. The molecular weight excluding hydrogens is 201 g/mol. The van der Waals surface area contributed by atoms with Crippen molar-refractivity contribution in [3.8, 4) is 0 Å². The summed E-state index contributed by atoms with van der Waals surface area (Å²) in [6.07, 6.45) is 0. The van der Waals surface area contributed by atoms with Crippen LogP contribution in [0.4, 0.5) is 0 Å². The van der Waals surface area contributed by atoms with Gasteiger partial charge in [-0.05, 0) is 0 Å². The maximum atomic E-state index is 5.01. The quantitative estimate of drug-likeness (QED) is 0.476. The second-order valence-corrected chi connectivity index (χ2v) is 3.77. The highest BCUT2D eigenvalue weighted by Gasteiger charge is 1.92. The fraction of sp³-hybridized carbons (Fsp3) is 1.00. The molecule has 0 aromatic rings. The van der Waals surface area contributed by atoms with Gasteiger partial charge in [0.05, 0.1) is 13.2 Å².